The Labute approximate surface area is 382 Å². The van der Waals surface area contributed by atoms with Crippen LogP contribution in [-0.4, -0.2) is 19.1 Å². The lowest BCUT2D eigenvalue weighted by Crippen LogP contribution is -2.28. The predicted molar refractivity (Wildman–Crippen MR) is 271 cm³/mol. The van der Waals surface area contributed by atoms with Crippen LogP contribution in [0.1, 0.15) is 22.3 Å². The van der Waals surface area contributed by atoms with Crippen LogP contribution in [0.2, 0.25) is 0 Å². The van der Waals surface area contributed by atoms with E-state index < -0.39 is 5.41 Å². The lowest BCUT2D eigenvalue weighted by Gasteiger charge is -2.35. The van der Waals surface area contributed by atoms with Gasteiger partial charge in [0.15, 0.2) is 5.82 Å². The summed E-state index contributed by atoms with van der Waals surface area (Å²) in [6, 6.07) is 83.8. The summed E-state index contributed by atoms with van der Waals surface area (Å²) >= 11 is 0. The summed E-state index contributed by atoms with van der Waals surface area (Å²) < 4.78 is 4.70. The monoisotopic (exact) mass is 843 g/mol. The average Bonchev–Trinajstić information content (AvgIpc) is 4.05. The number of para-hydroxylation sites is 2. The number of nitrogens with zero attached hydrogens (tertiary/aromatic N) is 5. The average molecular weight is 844 g/mol. The first kappa shape index (κ1) is 37.7. The van der Waals surface area contributed by atoms with Gasteiger partial charge in [0, 0.05) is 68.7 Å². The number of aromatic nitrogens is 4. The summed E-state index contributed by atoms with van der Waals surface area (Å²) in [5, 5.41) is 3.56. The third-order valence-corrected chi connectivity index (χ3v) is 13.5. The Morgan fingerprint density at radius 1 is 0.394 bits per heavy atom. The Bertz CT molecular complexity index is 3690. The second kappa shape index (κ2) is 15.2. The molecule has 0 N–H and O–H groups in total. The van der Waals surface area contributed by atoms with Crippen molar-refractivity contribution in [3.63, 3.8) is 0 Å². The Hall–Kier alpha value is -8.80. The molecule has 0 spiro atoms. The van der Waals surface area contributed by atoms with Gasteiger partial charge in [0.05, 0.1) is 22.0 Å². The second-order valence-corrected chi connectivity index (χ2v) is 17.0. The molecule has 3 aromatic heterocycles. The smallest absolute Gasteiger partial charge is 0.159 e. The molecule has 0 amide bonds. The van der Waals surface area contributed by atoms with Crippen molar-refractivity contribution in [1.29, 1.82) is 0 Å². The molecule has 0 bridgehead atoms. The molecule has 0 unspecified atom stereocenters. The maximum absolute atomic E-state index is 4.57. The molecule has 5 heteroatoms. The number of hydrogen-bond acceptors (Lipinski definition) is 3. The first-order valence-corrected chi connectivity index (χ1v) is 22.5. The van der Waals surface area contributed by atoms with Gasteiger partial charge in [0.25, 0.3) is 0 Å². The van der Waals surface area contributed by atoms with E-state index in [9.17, 15) is 0 Å². The Morgan fingerprint density at radius 2 is 0.970 bits per heavy atom. The van der Waals surface area contributed by atoms with E-state index in [-0.39, 0.29) is 0 Å². The van der Waals surface area contributed by atoms with E-state index in [4.69, 9.17) is 0 Å². The fourth-order valence-corrected chi connectivity index (χ4v) is 10.7. The summed E-state index contributed by atoms with van der Waals surface area (Å²) in [5.74, 6) is 0.698. The highest BCUT2D eigenvalue weighted by atomic mass is 15.1. The van der Waals surface area contributed by atoms with Crippen molar-refractivity contribution < 1.29 is 0 Å². The third-order valence-electron chi connectivity index (χ3n) is 13.5. The molecular weight excluding hydrogens is 803 g/mol. The van der Waals surface area contributed by atoms with Crippen LogP contribution in [0, 0.1) is 0 Å². The van der Waals surface area contributed by atoms with Gasteiger partial charge in [-0.2, -0.15) is 0 Å². The highest BCUT2D eigenvalue weighted by molar-refractivity contribution is 6.14. The van der Waals surface area contributed by atoms with Gasteiger partial charge in [-0.3, -0.25) is 0 Å². The largest absolute Gasteiger partial charge is 0.316 e. The lowest BCUT2D eigenvalue weighted by molar-refractivity contribution is 0.768. The molecule has 12 aromatic rings. The van der Waals surface area contributed by atoms with Gasteiger partial charge in [0.2, 0.25) is 0 Å². The standard InChI is InChI=1S/C61H41N5/c1-5-16-44(17-6-1)61(45-18-7-2-8-19-45)55-25-14-13-24-51(55)52-32-30-50(40-56(52)61)65(48-28-26-42(27-29-48)60-62-35-15-36-63-60)49-31-33-57-54(39-49)53-38-43-34-37-64(46-20-9-3-10-21-46)58(43)41-59(53)66(57)47-22-11-4-12-23-47/h1-41H. The van der Waals surface area contributed by atoms with E-state index in [0.29, 0.717) is 5.82 Å². The van der Waals surface area contributed by atoms with Crippen molar-refractivity contribution >= 4 is 49.8 Å². The molecule has 13 rings (SSSR count). The van der Waals surface area contributed by atoms with Crippen molar-refractivity contribution in [1.82, 2.24) is 19.1 Å². The van der Waals surface area contributed by atoms with Crippen LogP contribution in [-0.2, 0) is 5.41 Å². The Balaban J connectivity index is 1.06. The van der Waals surface area contributed by atoms with Crippen LogP contribution in [0.15, 0.2) is 249 Å². The van der Waals surface area contributed by atoms with Crippen molar-refractivity contribution in [3.8, 4) is 33.9 Å². The fourth-order valence-electron chi connectivity index (χ4n) is 10.7. The molecule has 0 saturated heterocycles. The zero-order chi connectivity index (χ0) is 43.6. The number of benzene rings is 9. The first-order valence-electron chi connectivity index (χ1n) is 22.5. The van der Waals surface area contributed by atoms with Crippen molar-refractivity contribution in [2.24, 2.45) is 0 Å². The minimum absolute atomic E-state index is 0.542. The van der Waals surface area contributed by atoms with Crippen LogP contribution in [0.25, 0.3) is 66.6 Å². The van der Waals surface area contributed by atoms with Gasteiger partial charge in [-0.15, -0.1) is 0 Å². The Kier molecular flexibility index (Phi) is 8.68. The highest BCUT2D eigenvalue weighted by Gasteiger charge is 2.46. The van der Waals surface area contributed by atoms with E-state index in [0.717, 1.165) is 50.6 Å². The summed E-state index contributed by atoms with van der Waals surface area (Å²) in [6.07, 6.45) is 5.77. The SMILES string of the molecule is c1ccc(-n2ccc3cc4c5cc(N(c6ccc(-c7ncccn7)cc6)c6ccc7c(c6)C(c6ccccc6)(c6ccccc6)c6ccccc6-7)ccc5n(-c5ccccc5)c4cc32)cc1. The molecule has 0 radical (unpaired) electrons. The molecule has 0 saturated carbocycles. The molecule has 5 nitrogen and oxygen atoms in total. The van der Waals surface area contributed by atoms with Crippen molar-refractivity contribution in [2.45, 2.75) is 5.41 Å². The molecule has 0 aliphatic heterocycles. The molecular formula is C61H41N5. The van der Waals surface area contributed by atoms with Crippen LogP contribution in [0.5, 0.6) is 0 Å². The number of rotatable bonds is 8. The number of hydrogen-bond donors (Lipinski definition) is 0. The van der Waals surface area contributed by atoms with E-state index >= 15 is 0 Å². The van der Waals surface area contributed by atoms with Crippen LogP contribution < -0.4 is 4.90 Å². The van der Waals surface area contributed by atoms with E-state index in [1.165, 1.54) is 49.5 Å². The van der Waals surface area contributed by atoms with Gasteiger partial charge in [-0.05, 0) is 137 Å². The zero-order valence-electron chi connectivity index (χ0n) is 35.9. The minimum atomic E-state index is -0.542. The predicted octanol–water partition coefficient (Wildman–Crippen LogP) is 15.0. The van der Waals surface area contributed by atoms with Crippen molar-refractivity contribution in [2.75, 3.05) is 4.90 Å². The van der Waals surface area contributed by atoms with Gasteiger partial charge < -0.3 is 14.0 Å². The van der Waals surface area contributed by atoms with Gasteiger partial charge >= 0.3 is 0 Å². The first-order chi connectivity index (χ1) is 32.7. The van der Waals surface area contributed by atoms with Crippen molar-refractivity contribution in [3.05, 3.63) is 271 Å². The van der Waals surface area contributed by atoms with Crippen LogP contribution >= 0.6 is 0 Å². The number of anilines is 3. The summed E-state index contributed by atoms with van der Waals surface area (Å²) in [4.78, 5) is 11.6. The topological polar surface area (TPSA) is 38.9 Å². The maximum atomic E-state index is 4.57. The quantitative estimate of drug-likeness (QED) is 0.153. The summed E-state index contributed by atoms with van der Waals surface area (Å²) in [7, 11) is 0. The minimum Gasteiger partial charge on any atom is -0.316 e. The van der Waals surface area contributed by atoms with Crippen LogP contribution in [0.3, 0.4) is 0 Å². The summed E-state index contributed by atoms with van der Waals surface area (Å²) in [5.41, 5.74) is 16.8. The highest BCUT2D eigenvalue weighted by Crippen LogP contribution is 2.57. The number of fused-ring (bicyclic) bond motifs is 7. The molecule has 0 atom stereocenters. The maximum Gasteiger partial charge on any atom is 0.159 e. The Morgan fingerprint density at radius 3 is 1.68 bits per heavy atom. The van der Waals surface area contributed by atoms with E-state index in [1.807, 2.05) is 6.07 Å². The van der Waals surface area contributed by atoms with Gasteiger partial charge in [0.1, 0.15) is 0 Å². The normalized spacial score (nSPS) is 12.7. The molecule has 1 aliphatic rings. The third kappa shape index (κ3) is 5.80. The fraction of sp³-hybridized carbons (Fsp3) is 0.0164. The summed E-state index contributed by atoms with van der Waals surface area (Å²) in [6.45, 7) is 0. The van der Waals surface area contributed by atoms with Crippen LogP contribution in [0.4, 0.5) is 17.1 Å². The molecule has 310 valence electrons. The van der Waals surface area contributed by atoms with E-state index in [1.54, 1.807) is 12.4 Å². The molecule has 0 fully saturated rings. The molecule has 1 aliphatic carbocycles. The molecule has 9 aromatic carbocycles. The second-order valence-electron chi connectivity index (χ2n) is 17.0. The lowest BCUT2D eigenvalue weighted by atomic mass is 9.67. The van der Waals surface area contributed by atoms with Gasteiger partial charge in [-0.1, -0.05) is 127 Å². The molecule has 66 heavy (non-hydrogen) atoms. The zero-order valence-corrected chi connectivity index (χ0v) is 35.9. The molecule has 3 heterocycles. The van der Waals surface area contributed by atoms with Gasteiger partial charge in [-0.25, -0.2) is 9.97 Å². The van der Waals surface area contributed by atoms with E-state index in [2.05, 4.69) is 255 Å².